The Bertz CT molecular complexity index is 421. The molecule has 1 N–H and O–H groups in total. The minimum Gasteiger partial charge on any atom is -0.308 e. The van der Waals surface area contributed by atoms with E-state index in [1.54, 1.807) is 0 Å². The highest BCUT2D eigenvalue weighted by Gasteiger charge is 2.43. The van der Waals surface area contributed by atoms with Gasteiger partial charge in [0.1, 0.15) is 0 Å². The minimum absolute atomic E-state index is 0.267. The SMILES string of the molecule is FC(F)(F)c1cccc(C(F)(F)C2CCCN2)c1. The largest absolute Gasteiger partial charge is 0.416 e. The van der Waals surface area contributed by atoms with Crippen LogP contribution in [0.3, 0.4) is 0 Å². The lowest BCUT2D eigenvalue weighted by atomic mass is 9.98. The average Bonchev–Trinajstić information content (AvgIpc) is 2.82. The van der Waals surface area contributed by atoms with E-state index in [0.29, 0.717) is 19.0 Å². The molecule has 0 aliphatic carbocycles. The van der Waals surface area contributed by atoms with Gasteiger partial charge in [-0.3, -0.25) is 0 Å². The van der Waals surface area contributed by atoms with E-state index >= 15 is 0 Å². The maximum Gasteiger partial charge on any atom is 0.416 e. The molecule has 1 heterocycles. The van der Waals surface area contributed by atoms with Crippen LogP contribution in [0.4, 0.5) is 22.0 Å². The number of hydrogen-bond acceptors (Lipinski definition) is 1. The maximum absolute atomic E-state index is 14.0. The van der Waals surface area contributed by atoms with E-state index in [1.165, 1.54) is 0 Å². The predicted molar refractivity (Wildman–Crippen MR) is 56.4 cm³/mol. The Morgan fingerprint density at radius 2 is 1.72 bits per heavy atom. The molecule has 0 radical (unpaired) electrons. The van der Waals surface area contributed by atoms with E-state index < -0.39 is 29.3 Å². The van der Waals surface area contributed by atoms with Gasteiger partial charge in [0.2, 0.25) is 0 Å². The summed E-state index contributed by atoms with van der Waals surface area (Å²) in [6.45, 7) is 0.471. The smallest absolute Gasteiger partial charge is 0.308 e. The Morgan fingerprint density at radius 1 is 1.06 bits per heavy atom. The molecule has 1 fully saturated rings. The lowest BCUT2D eigenvalue weighted by Crippen LogP contribution is -2.38. The fourth-order valence-corrected chi connectivity index (χ4v) is 2.10. The molecule has 18 heavy (non-hydrogen) atoms. The van der Waals surface area contributed by atoms with Gasteiger partial charge >= 0.3 is 6.18 Å². The van der Waals surface area contributed by atoms with Crippen molar-refractivity contribution in [3.63, 3.8) is 0 Å². The third-order valence-electron chi connectivity index (χ3n) is 3.07. The number of nitrogens with one attached hydrogen (secondary N) is 1. The highest BCUT2D eigenvalue weighted by atomic mass is 19.4. The zero-order valence-electron chi connectivity index (χ0n) is 9.40. The number of halogens is 5. The summed E-state index contributed by atoms with van der Waals surface area (Å²) in [5.41, 5.74) is -1.63. The van der Waals surface area contributed by atoms with Gasteiger partial charge in [-0.2, -0.15) is 22.0 Å². The van der Waals surface area contributed by atoms with Crippen molar-refractivity contribution in [2.24, 2.45) is 0 Å². The Morgan fingerprint density at radius 3 is 2.28 bits per heavy atom. The van der Waals surface area contributed by atoms with Crippen LogP contribution in [0.25, 0.3) is 0 Å². The van der Waals surface area contributed by atoms with Crippen molar-refractivity contribution < 1.29 is 22.0 Å². The first-order valence-corrected chi connectivity index (χ1v) is 5.61. The molecule has 0 bridgehead atoms. The minimum atomic E-state index is -4.60. The Labute approximate surface area is 101 Å². The van der Waals surface area contributed by atoms with Crippen molar-refractivity contribution in [1.82, 2.24) is 5.32 Å². The van der Waals surface area contributed by atoms with Gasteiger partial charge in [-0.25, -0.2) is 0 Å². The van der Waals surface area contributed by atoms with E-state index in [0.717, 1.165) is 18.2 Å². The van der Waals surface area contributed by atoms with Crippen LogP contribution in [0.15, 0.2) is 24.3 Å². The van der Waals surface area contributed by atoms with Crippen molar-refractivity contribution in [3.05, 3.63) is 35.4 Å². The van der Waals surface area contributed by atoms with Crippen LogP contribution in [-0.4, -0.2) is 12.6 Å². The van der Waals surface area contributed by atoms with E-state index in [-0.39, 0.29) is 6.42 Å². The Hall–Kier alpha value is -1.17. The van der Waals surface area contributed by atoms with Crippen molar-refractivity contribution in [2.45, 2.75) is 31.0 Å². The monoisotopic (exact) mass is 265 g/mol. The molecular weight excluding hydrogens is 253 g/mol. The highest BCUT2D eigenvalue weighted by molar-refractivity contribution is 5.30. The van der Waals surface area contributed by atoms with Gasteiger partial charge < -0.3 is 5.32 Å². The molecule has 1 aromatic rings. The van der Waals surface area contributed by atoms with Crippen LogP contribution in [0.2, 0.25) is 0 Å². The summed E-state index contributed by atoms with van der Waals surface area (Å²) in [5.74, 6) is -3.28. The number of benzene rings is 1. The van der Waals surface area contributed by atoms with Gasteiger partial charge in [-0.05, 0) is 31.5 Å². The predicted octanol–water partition coefficient (Wildman–Crippen LogP) is 3.55. The first-order valence-electron chi connectivity index (χ1n) is 5.61. The topological polar surface area (TPSA) is 12.0 Å². The van der Waals surface area contributed by atoms with E-state index in [2.05, 4.69) is 5.32 Å². The molecule has 0 amide bonds. The quantitative estimate of drug-likeness (QED) is 0.806. The zero-order chi connectivity index (χ0) is 13.4. The summed E-state index contributed by atoms with van der Waals surface area (Å²) in [7, 11) is 0. The van der Waals surface area contributed by atoms with Crippen molar-refractivity contribution in [3.8, 4) is 0 Å². The number of alkyl halides is 5. The second-order valence-electron chi connectivity index (χ2n) is 4.35. The second-order valence-corrected chi connectivity index (χ2v) is 4.35. The number of hydrogen-bond donors (Lipinski definition) is 1. The Kier molecular flexibility index (Phi) is 3.31. The van der Waals surface area contributed by atoms with Gasteiger partial charge in [0.15, 0.2) is 0 Å². The third-order valence-corrected chi connectivity index (χ3v) is 3.07. The molecule has 1 nitrogen and oxygen atoms in total. The summed E-state index contributed by atoms with van der Waals surface area (Å²) in [4.78, 5) is 0. The summed E-state index contributed by atoms with van der Waals surface area (Å²) in [6.07, 6.45) is -3.72. The maximum atomic E-state index is 14.0. The summed E-state index contributed by atoms with van der Waals surface area (Å²) < 4.78 is 65.4. The molecule has 0 aromatic heterocycles. The molecule has 2 rings (SSSR count). The molecule has 100 valence electrons. The zero-order valence-corrected chi connectivity index (χ0v) is 9.40. The van der Waals surface area contributed by atoms with Gasteiger partial charge in [-0.15, -0.1) is 0 Å². The van der Waals surface area contributed by atoms with Crippen LogP contribution in [-0.2, 0) is 12.1 Å². The molecular formula is C12H12F5N. The second kappa shape index (κ2) is 4.50. The van der Waals surface area contributed by atoms with Crippen LogP contribution < -0.4 is 5.32 Å². The van der Waals surface area contributed by atoms with Crippen molar-refractivity contribution in [1.29, 1.82) is 0 Å². The molecule has 1 saturated heterocycles. The van der Waals surface area contributed by atoms with Crippen molar-refractivity contribution in [2.75, 3.05) is 6.54 Å². The standard InChI is InChI=1S/C12H12F5N/c13-11(14,10-5-2-6-18-10)8-3-1-4-9(7-8)12(15,16)17/h1,3-4,7,10,18H,2,5-6H2. The first kappa shape index (κ1) is 13.3. The Balaban J connectivity index is 2.32. The normalized spacial score (nSPS) is 21.3. The molecule has 1 aliphatic rings. The lowest BCUT2D eigenvalue weighted by molar-refractivity contribution is -0.137. The van der Waals surface area contributed by atoms with Gasteiger partial charge in [-0.1, -0.05) is 12.1 Å². The van der Waals surface area contributed by atoms with Gasteiger partial charge in [0, 0.05) is 5.56 Å². The summed E-state index contributed by atoms with van der Waals surface area (Å²) in [6, 6.07) is 2.29. The van der Waals surface area contributed by atoms with E-state index in [9.17, 15) is 22.0 Å². The van der Waals surface area contributed by atoms with Gasteiger partial charge in [0.05, 0.1) is 11.6 Å². The van der Waals surface area contributed by atoms with Crippen LogP contribution in [0.5, 0.6) is 0 Å². The third kappa shape index (κ3) is 2.48. The van der Waals surface area contributed by atoms with Crippen LogP contribution >= 0.6 is 0 Å². The molecule has 1 aromatic carbocycles. The lowest BCUT2D eigenvalue weighted by Gasteiger charge is -2.24. The van der Waals surface area contributed by atoms with E-state index in [1.807, 2.05) is 0 Å². The fourth-order valence-electron chi connectivity index (χ4n) is 2.10. The van der Waals surface area contributed by atoms with Crippen molar-refractivity contribution >= 4 is 0 Å². The summed E-state index contributed by atoms with van der Waals surface area (Å²) >= 11 is 0. The highest BCUT2D eigenvalue weighted by Crippen LogP contribution is 2.38. The first-order chi connectivity index (χ1) is 8.32. The molecule has 0 saturated carbocycles. The van der Waals surface area contributed by atoms with Gasteiger partial charge in [0.25, 0.3) is 5.92 Å². The molecule has 1 aliphatic heterocycles. The van der Waals surface area contributed by atoms with Crippen LogP contribution in [0, 0.1) is 0 Å². The molecule has 6 heteroatoms. The average molecular weight is 265 g/mol. The van der Waals surface area contributed by atoms with Crippen LogP contribution in [0.1, 0.15) is 24.0 Å². The summed E-state index contributed by atoms with van der Waals surface area (Å²) in [5, 5.41) is 2.62. The fraction of sp³-hybridized carbons (Fsp3) is 0.500. The molecule has 1 unspecified atom stereocenters. The molecule has 0 spiro atoms. The number of rotatable bonds is 2. The van der Waals surface area contributed by atoms with E-state index in [4.69, 9.17) is 0 Å². The molecule has 1 atom stereocenters.